The highest BCUT2D eigenvalue weighted by Gasteiger charge is 2.12. The van der Waals surface area contributed by atoms with Crippen LogP contribution in [0.3, 0.4) is 0 Å². The Kier molecular flexibility index (Phi) is 7.60. The summed E-state index contributed by atoms with van der Waals surface area (Å²) in [6.07, 6.45) is 2.97. The van der Waals surface area contributed by atoms with Crippen LogP contribution in [0.4, 0.5) is 0 Å². The highest BCUT2D eigenvalue weighted by molar-refractivity contribution is 6.31. The SMILES string of the molecule is CC.CC1CC1.Cc1ccccc1Cl. The Morgan fingerprint density at radius 2 is 1.57 bits per heavy atom. The minimum Gasteiger partial charge on any atom is -0.0841 e. The fraction of sp³-hybridized carbons (Fsp3) is 0.538. The summed E-state index contributed by atoms with van der Waals surface area (Å²) in [6.45, 7) is 8.27. The number of aryl methyl sites for hydroxylation is 1. The molecule has 0 N–H and O–H groups in total. The molecule has 0 spiro atoms. The second-order valence-electron chi connectivity index (χ2n) is 3.43. The topological polar surface area (TPSA) is 0 Å². The molecule has 1 aromatic carbocycles. The predicted molar refractivity (Wildman–Crippen MR) is 65.9 cm³/mol. The van der Waals surface area contributed by atoms with E-state index < -0.39 is 0 Å². The third-order valence-corrected chi connectivity index (χ3v) is 2.37. The number of halogens is 1. The molecule has 0 bridgehead atoms. The Bertz CT molecular complexity index is 218. The van der Waals surface area contributed by atoms with E-state index in [0.29, 0.717) is 0 Å². The minimum atomic E-state index is 0.840. The maximum atomic E-state index is 5.71. The molecular weight excluding hydrogens is 192 g/mol. The molecule has 0 atom stereocenters. The van der Waals surface area contributed by atoms with E-state index in [-0.39, 0.29) is 0 Å². The maximum absolute atomic E-state index is 5.71. The van der Waals surface area contributed by atoms with Crippen LogP contribution >= 0.6 is 11.6 Å². The highest BCUT2D eigenvalue weighted by Crippen LogP contribution is 2.26. The maximum Gasteiger partial charge on any atom is 0.0435 e. The molecule has 14 heavy (non-hydrogen) atoms. The second-order valence-corrected chi connectivity index (χ2v) is 3.84. The summed E-state index contributed by atoms with van der Waals surface area (Å²) in [4.78, 5) is 0. The lowest BCUT2D eigenvalue weighted by molar-refractivity contribution is 0.983. The molecule has 0 saturated heterocycles. The van der Waals surface area contributed by atoms with E-state index in [2.05, 4.69) is 6.92 Å². The van der Waals surface area contributed by atoms with Gasteiger partial charge in [0.05, 0.1) is 0 Å². The van der Waals surface area contributed by atoms with Crippen LogP contribution in [-0.4, -0.2) is 0 Å². The lowest BCUT2D eigenvalue weighted by Crippen LogP contribution is -1.68. The Balaban J connectivity index is 0.000000236. The van der Waals surface area contributed by atoms with Crippen molar-refractivity contribution >= 4 is 11.6 Å². The summed E-state index contributed by atoms with van der Waals surface area (Å²) in [5.41, 5.74) is 1.13. The van der Waals surface area contributed by atoms with Gasteiger partial charge in [0.2, 0.25) is 0 Å². The van der Waals surface area contributed by atoms with Crippen LogP contribution in [0, 0.1) is 12.8 Å². The lowest BCUT2D eigenvalue weighted by Gasteiger charge is -1.90. The van der Waals surface area contributed by atoms with Crippen LogP contribution in [-0.2, 0) is 0 Å². The van der Waals surface area contributed by atoms with E-state index in [9.17, 15) is 0 Å². The largest absolute Gasteiger partial charge is 0.0841 e. The van der Waals surface area contributed by atoms with Crippen molar-refractivity contribution in [1.29, 1.82) is 0 Å². The lowest BCUT2D eigenvalue weighted by atomic mass is 10.2. The first-order chi connectivity index (χ1) is 6.70. The summed E-state index contributed by atoms with van der Waals surface area (Å²) < 4.78 is 0. The third kappa shape index (κ3) is 6.97. The van der Waals surface area contributed by atoms with Gasteiger partial charge in [-0.3, -0.25) is 0 Å². The van der Waals surface area contributed by atoms with Crippen molar-refractivity contribution in [2.45, 2.75) is 40.5 Å². The van der Waals surface area contributed by atoms with Crippen LogP contribution in [0.25, 0.3) is 0 Å². The van der Waals surface area contributed by atoms with E-state index in [4.69, 9.17) is 11.6 Å². The minimum absolute atomic E-state index is 0.840. The molecule has 0 radical (unpaired) electrons. The summed E-state index contributed by atoms with van der Waals surface area (Å²) >= 11 is 5.71. The molecule has 0 aromatic heterocycles. The summed E-state index contributed by atoms with van der Waals surface area (Å²) in [6, 6.07) is 7.77. The van der Waals surface area contributed by atoms with Crippen LogP contribution in [0.15, 0.2) is 24.3 Å². The summed E-state index contributed by atoms with van der Waals surface area (Å²) in [5.74, 6) is 1.08. The van der Waals surface area contributed by atoms with Crippen molar-refractivity contribution in [2.75, 3.05) is 0 Å². The zero-order chi connectivity index (χ0) is 11.0. The van der Waals surface area contributed by atoms with Gasteiger partial charge in [-0.1, -0.05) is 63.4 Å². The van der Waals surface area contributed by atoms with Gasteiger partial charge in [0.15, 0.2) is 0 Å². The van der Waals surface area contributed by atoms with E-state index in [1.807, 2.05) is 45.0 Å². The van der Waals surface area contributed by atoms with Gasteiger partial charge >= 0.3 is 0 Å². The molecule has 1 aliphatic carbocycles. The quantitative estimate of drug-likeness (QED) is 0.562. The van der Waals surface area contributed by atoms with E-state index in [1.165, 1.54) is 12.8 Å². The van der Waals surface area contributed by atoms with Gasteiger partial charge in [-0.15, -0.1) is 0 Å². The average Bonchev–Trinajstić information content (AvgIpc) is 2.98. The molecule has 0 nitrogen and oxygen atoms in total. The first kappa shape index (κ1) is 13.5. The molecule has 2 rings (SSSR count). The standard InChI is InChI=1S/C7H7Cl.C4H8.C2H6/c1-6-4-2-3-5-7(6)8;1-4-2-3-4;1-2/h2-5H,1H3;4H,2-3H2,1H3;1-2H3. The molecule has 1 aliphatic rings. The van der Waals surface area contributed by atoms with E-state index >= 15 is 0 Å². The van der Waals surface area contributed by atoms with Gasteiger partial charge in [0, 0.05) is 5.02 Å². The second kappa shape index (κ2) is 7.87. The van der Waals surface area contributed by atoms with Crippen LogP contribution in [0.1, 0.15) is 39.2 Å². The molecule has 0 heterocycles. The van der Waals surface area contributed by atoms with Crippen molar-refractivity contribution in [2.24, 2.45) is 5.92 Å². The fourth-order valence-corrected chi connectivity index (χ4v) is 0.853. The zero-order valence-corrected chi connectivity index (χ0v) is 10.4. The fourth-order valence-electron chi connectivity index (χ4n) is 0.718. The zero-order valence-electron chi connectivity index (χ0n) is 9.68. The predicted octanol–water partition coefficient (Wildman–Crippen LogP) is 5.09. The highest BCUT2D eigenvalue weighted by atomic mass is 35.5. The van der Waals surface area contributed by atoms with Gasteiger partial charge in [-0.2, -0.15) is 0 Å². The van der Waals surface area contributed by atoms with Crippen LogP contribution < -0.4 is 0 Å². The first-order valence-electron chi connectivity index (χ1n) is 5.41. The number of hydrogen-bond donors (Lipinski definition) is 0. The molecule has 0 amide bonds. The smallest absolute Gasteiger partial charge is 0.0435 e. The van der Waals surface area contributed by atoms with E-state index in [1.54, 1.807) is 0 Å². The van der Waals surface area contributed by atoms with Crippen molar-refractivity contribution in [1.82, 2.24) is 0 Å². The normalized spacial score (nSPS) is 13.2. The Labute approximate surface area is 93.3 Å². The number of rotatable bonds is 0. The molecule has 80 valence electrons. The third-order valence-electron chi connectivity index (χ3n) is 1.94. The van der Waals surface area contributed by atoms with Gasteiger partial charge in [0.25, 0.3) is 0 Å². The van der Waals surface area contributed by atoms with Crippen molar-refractivity contribution in [3.05, 3.63) is 34.9 Å². The summed E-state index contributed by atoms with van der Waals surface area (Å²) in [5, 5.41) is 0.840. The first-order valence-corrected chi connectivity index (χ1v) is 5.79. The van der Waals surface area contributed by atoms with E-state index in [0.717, 1.165) is 16.5 Å². The number of benzene rings is 1. The van der Waals surface area contributed by atoms with Gasteiger partial charge < -0.3 is 0 Å². The molecule has 1 saturated carbocycles. The van der Waals surface area contributed by atoms with Gasteiger partial charge in [-0.25, -0.2) is 0 Å². The Hall–Kier alpha value is -0.490. The molecule has 0 unspecified atom stereocenters. The molecule has 0 aliphatic heterocycles. The Morgan fingerprint density at radius 3 is 1.79 bits per heavy atom. The molecule has 1 fully saturated rings. The van der Waals surface area contributed by atoms with Crippen molar-refractivity contribution in [3.63, 3.8) is 0 Å². The van der Waals surface area contributed by atoms with Crippen molar-refractivity contribution in [3.8, 4) is 0 Å². The van der Waals surface area contributed by atoms with Crippen molar-refractivity contribution < 1.29 is 0 Å². The molecule has 1 aromatic rings. The average molecular weight is 213 g/mol. The molecular formula is C13H21Cl. The Morgan fingerprint density at radius 1 is 1.14 bits per heavy atom. The summed E-state index contributed by atoms with van der Waals surface area (Å²) in [7, 11) is 0. The van der Waals surface area contributed by atoms with Gasteiger partial charge in [-0.05, 0) is 24.5 Å². The van der Waals surface area contributed by atoms with Crippen LogP contribution in [0.5, 0.6) is 0 Å². The monoisotopic (exact) mass is 212 g/mol. The van der Waals surface area contributed by atoms with Crippen LogP contribution in [0.2, 0.25) is 5.02 Å². The van der Waals surface area contributed by atoms with Gasteiger partial charge in [0.1, 0.15) is 0 Å². The number of hydrogen-bond acceptors (Lipinski definition) is 0. The molecule has 1 heteroatoms.